The smallest absolute Gasteiger partial charge is 0.253 e. The molecule has 162 valence electrons. The molecule has 1 fully saturated rings. The molecule has 0 unspecified atom stereocenters. The van der Waals surface area contributed by atoms with Crippen LogP contribution >= 0.6 is 11.8 Å². The summed E-state index contributed by atoms with van der Waals surface area (Å²) < 4.78 is 1.70. The molecule has 8 nitrogen and oxygen atoms in total. The zero-order chi connectivity index (χ0) is 22.1. The molecule has 1 N–H and O–H groups in total. The molecule has 0 spiro atoms. The first kappa shape index (κ1) is 21.3. The third kappa shape index (κ3) is 4.71. The third-order valence-electron chi connectivity index (χ3n) is 5.51. The Kier molecular flexibility index (Phi) is 5.95. The van der Waals surface area contributed by atoms with Gasteiger partial charge in [0.15, 0.2) is 0 Å². The maximum absolute atomic E-state index is 12.9. The molecule has 0 radical (unpaired) electrons. The summed E-state index contributed by atoms with van der Waals surface area (Å²) in [5.74, 6) is 0.507. The largest absolute Gasteiger partial charge is 0.349 e. The van der Waals surface area contributed by atoms with Crippen molar-refractivity contribution >= 4 is 29.4 Å². The van der Waals surface area contributed by atoms with Crippen molar-refractivity contribution in [3.8, 4) is 0 Å². The first-order valence-electron chi connectivity index (χ1n) is 10.3. The number of hydrogen-bond acceptors (Lipinski definition) is 6. The lowest BCUT2D eigenvalue weighted by atomic mass is 10.1. The number of nitrogens with one attached hydrogen (secondary N) is 1. The van der Waals surface area contributed by atoms with E-state index in [1.165, 1.54) is 11.8 Å². The average molecular weight is 439 g/mol. The number of aromatic nitrogens is 4. The molecule has 3 aromatic rings. The predicted octanol–water partition coefficient (Wildman–Crippen LogP) is 2.56. The van der Waals surface area contributed by atoms with Gasteiger partial charge in [-0.1, -0.05) is 23.9 Å². The lowest BCUT2D eigenvalue weighted by molar-refractivity contribution is -0.129. The van der Waals surface area contributed by atoms with Crippen LogP contribution in [0.5, 0.6) is 0 Å². The van der Waals surface area contributed by atoms with Gasteiger partial charge < -0.3 is 10.2 Å². The summed E-state index contributed by atoms with van der Waals surface area (Å²) in [5, 5.41) is 8.08. The Labute approximate surface area is 185 Å². The van der Waals surface area contributed by atoms with Crippen molar-refractivity contribution < 1.29 is 9.59 Å². The van der Waals surface area contributed by atoms with Crippen molar-refractivity contribution in [3.63, 3.8) is 0 Å². The van der Waals surface area contributed by atoms with Crippen molar-refractivity contribution in [2.24, 2.45) is 0 Å². The minimum Gasteiger partial charge on any atom is -0.349 e. The van der Waals surface area contributed by atoms with Gasteiger partial charge in [-0.15, -0.1) is 5.10 Å². The average Bonchev–Trinajstić information content (AvgIpc) is 3.47. The maximum Gasteiger partial charge on any atom is 0.253 e. The normalized spacial score (nSPS) is 13.4. The molecule has 0 atom stereocenters. The van der Waals surface area contributed by atoms with Crippen LogP contribution in [0.4, 0.5) is 0 Å². The zero-order valence-corrected chi connectivity index (χ0v) is 19.0. The Balaban J connectivity index is 1.43. The van der Waals surface area contributed by atoms with Gasteiger partial charge in [0.1, 0.15) is 0 Å². The zero-order valence-electron chi connectivity index (χ0n) is 18.2. The number of likely N-dealkylation sites (N-methyl/N-ethyl adjacent to an activating group) is 1. The van der Waals surface area contributed by atoms with E-state index in [0.717, 1.165) is 35.4 Å². The molecular weight excluding hydrogens is 412 g/mol. The summed E-state index contributed by atoms with van der Waals surface area (Å²) in [7, 11) is 1.79. The standard InChI is InChI=1S/C22H26N6O2S/c1-13-18(14(2)28-21(23-13)25-22(26-28)31-4)11-19(29)27(3)12-15-5-7-16(8-6-15)20(30)24-17-9-10-17/h5-8,17H,9-12H2,1-4H3,(H,24,30). The number of hydrogen-bond donors (Lipinski definition) is 1. The Morgan fingerprint density at radius 3 is 2.55 bits per heavy atom. The van der Waals surface area contributed by atoms with Crippen molar-refractivity contribution in [1.82, 2.24) is 29.8 Å². The van der Waals surface area contributed by atoms with Crippen LogP contribution in [0.2, 0.25) is 0 Å². The van der Waals surface area contributed by atoms with Crippen LogP contribution in [0.1, 0.15) is 45.7 Å². The molecule has 2 amide bonds. The summed E-state index contributed by atoms with van der Waals surface area (Å²) in [4.78, 5) is 35.6. The number of carbonyl (C=O) groups is 2. The van der Waals surface area contributed by atoms with E-state index in [-0.39, 0.29) is 18.2 Å². The first-order chi connectivity index (χ1) is 14.9. The van der Waals surface area contributed by atoms with Gasteiger partial charge in [-0.3, -0.25) is 9.59 Å². The maximum atomic E-state index is 12.9. The quantitative estimate of drug-likeness (QED) is 0.570. The number of fused-ring (bicyclic) bond motifs is 1. The van der Waals surface area contributed by atoms with Gasteiger partial charge in [-0.25, -0.2) is 9.50 Å². The summed E-state index contributed by atoms with van der Waals surface area (Å²) >= 11 is 1.46. The second kappa shape index (κ2) is 8.66. The number of amides is 2. The van der Waals surface area contributed by atoms with E-state index in [1.54, 1.807) is 16.5 Å². The van der Waals surface area contributed by atoms with Gasteiger partial charge in [0.05, 0.1) is 6.42 Å². The van der Waals surface area contributed by atoms with Crippen LogP contribution in [0.3, 0.4) is 0 Å². The molecule has 1 aliphatic rings. The lowest BCUT2D eigenvalue weighted by Gasteiger charge is -2.19. The van der Waals surface area contributed by atoms with Gasteiger partial charge in [-0.2, -0.15) is 4.98 Å². The van der Waals surface area contributed by atoms with Crippen molar-refractivity contribution in [2.45, 2.75) is 50.9 Å². The molecule has 1 aromatic carbocycles. The number of nitrogens with zero attached hydrogens (tertiary/aromatic N) is 5. The van der Waals surface area contributed by atoms with Crippen molar-refractivity contribution in [1.29, 1.82) is 0 Å². The molecule has 2 aromatic heterocycles. The minimum atomic E-state index is -0.0370. The fourth-order valence-electron chi connectivity index (χ4n) is 3.44. The van der Waals surface area contributed by atoms with Crippen LogP contribution in [-0.4, -0.2) is 55.6 Å². The molecule has 0 saturated heterocycles. The summed E-state index contributed by atoms with van der Waals surface area (Å²) in [5.41, 5.74) is 4.16. The molecule has 31 heavy (non-hydrogen) atoms. The van der Waals surface area contributed by atoms with E-state index < -0.39 is 0 Å². The molecule has 1 aliphatic carbocycles. The van der Waals surface area contributed by atoms with Crippen LogP contribution in [0.15, 0.2) is 29.4 Å². The Bertz CT molecular complexity index is 1140. The summed E-state index contributed by atoms with van der Waals surface area (Å²) in [6.07, 6.45) is 4.29. The first-order valence-corrected chi connectivity index (χ1v) is 11.5. The SMILES string of the molecule is CSc1nc2nc(C)c(CC(=O)N(C)Cc3ccc(C(=O)NC4CC4)cc3)c(C)n2n1. The van der Waals surface area contributed by atoms with Crippen molar-refractivity contribution in [3.05, 3.63) is 52.3 Å². The number of benzene rings is 1. The highest BCUT2D eigenvalue weighted by Gasteiger charge is 2.24. The van der Waals surface area contributed by atoms with Gasteiger partial charge in [0, 0.05) is 42.1 Å². The number of aryl methyl sites for hydroxylation is 2. The summed E-state index contributed by atoms with van der Waals surface area (Å²) in [6.45, 7) is 4.31. The highest BCUT2D eigenvalue weighted by molar-refractivity contribution is 7.98. The van der Waals surface area contributed by atoms with E-state index in [0.29, 0.717) is 29.1 Å². The molecule has 4 rings (SSSR count). The Morgan fingerprint density at radius 2 is 1.90 bits per heavy atom. The van der Waals surface area contributed by atoms with E-state index in [2.05, 4.69) is 20.4 Å². The van der Waals surface area contributed by atoms with E-state index in [9.17, 15) is 9.59 Å². The number of thioether (sulfide) groups is 1. The molecule has 0 aliphatic heterocycles. The van der Waals surface area contributed by atoms with Gasteiger partial charge >= 0.3 is 0 Å². The predicted molar refractivity (Wildman–Crippen MR) is 119 cm³/mol. The van der Waals surface area contributed by atoms with Crippen LogP contribution in [0, 0.1) is 13.8 Å². The molecular formula is C22H26N6O2S. The fourth-order valence-corrected chi connectivity index (χ4v) is 3.77. The second-order valence-electron chi connectivity index (χ2n) is 7.94. The molecule has 2 heterocycles. The van der Waals surface area contributed by atoms with Gasteiger partial charge in [-0.05, 0) is 50.6 Å². The van der Waals surface area contributed by atoms with E-state index in [1.807, 2.05) is 44.4 Å². The van der Waals surface area contributed by atoms with Crippen LogP contribution in [-0.2, 0) is 17.8 Å². The highest BCUT2D eigenvalue weighted by atomic mass is 32.2. The van der Waals surface area contributed by atoms with Gasteiger partial charge in [0.25, 0.3) is 11.7 Å². The monoisotopic (exact) mass is 438 g/mol. The highest BCUT2D eigenvalue weighted by Crippen LogP contribution is 2.20. The van der Waals surface area contributed by atoms with Crippen LogP contribution < -0.4 is 5.32 Å². The van der Waals surface area contributed by atoms with E-state index >= 15 is 0 Å². The van der Waals surface area contributed by atoms with Crippen molar-refractivity contribution in [2.75, 3.05) is 13.3 Å². The second-order valence-corrected chi connectivity index (χ2v) is 8.72. The Hall–Kier alpha value is -2.94. The lowest BCUT2D eigenvalue weighted by Crippen LogP contribution is -2.29. The third-order valence-corrected chi connectivity index (χ3v) is 6.05. The Morgan fingerprint density at radius 1 is 1.19 bits per heavy atom. The van der Waals surface area contributed by atoms with Crippen LogP contribution in [0.25, 0.3) is 5.78 Å². The van der Waals surface area contributed by atoms with E-state index in [4.69, 9.17) is 0 Å². The van der Waals surface area contributed by atoms with Gasteiger partial charge in [0.2, 0.25) is 11.1 Å². The minimum absolute atomic E-state index is 0.00638. The molecule has 1 saturated carbocycles. The number of carbonyl (C=O) groups excluding carboxylic acids is 2. The topological polar surface area (TPSA) is 92.5 Å². The number of rotatable bonds is 7. The summed E-state index contributed by atoms with van der Waals surface area (Å²) in [6, 6.07) is 7.75. The fraction of sp³-hybridized carbons (Fsp3) is 0.409. The molecule has 0 bridgehead atoms. The molecule has 9 heteroatoms.